The molecule has 0 saturated heterocycles. The maximum absolute atomic E-state index is 13.9. The van der Waals surface area contributed by atoms with Gasteiger partial charge in [0.05, 0.1) is 13.2 Å². The van der Waals surface area contributed by atoms with Gasteiger partial charge in [0, 0.05) is 30.7 Å². The van der Waals surface area contributed by atoms with Crippen LogP contribution in [-0.4, -0.2) is 31.6 Å². The Morgan fingerprint density at radius 2 is 2.07 bits per heavy atom. The number of ether oxygens (including phenoxy) is 1. The Balaban J connectivity index is 1.50. The summed E-state index contributed by atoms with van der Waals surface area (Å²) < 4.78 is 18.9. The van der Waals surface area contributed by atoms with Gasteiger partial charge in [-0.05, 0) is 49.1 Å². The van der Waals surface area contributed by atoms with Gasteiger partial charge >= 0.3 is 0 Å². The van der Waals surface area contributed by atoms with Gasteiger partial charge in [0.25, 0.3) is 0 Å². The summed E-state index contributed by atoms with van der Waals surface area (Å²) in [5.74, 6) is 0.578. The molecule has 0 aliphatic carbocycles. The number of aliphatic imine (C=N–C) groups is 1. The molecule has 0 radical (unpaired) electrons. The normalized spacial score (nSPS) is 12.8. The molecule has 28 heavy (non-hydrogen) atoms. The molecule has 6 heteroatoms. The van der Waals surface area contributed by atoms with Crippen molar-refractivity contribution >= 4 is 16.9 Å². The Labute approximate surface area is 165 Å². The first-order valence-corrected chi connectivity index (χ1v) is 9.48. The van der Waals surface area contributed by atoms with Crippen LogP contribution in [0.25, 0.3) is 10.9 Å². The first kappa shape index (κ1) is 19.7. The third kappa shape index (κ3) is 4.63. The number of aromatic amines is 1. The molecule has 148 valence electrons. The van der Waals surface area contributed by atoms with Crippen LogP contribution in [0.3, 0.4) is 0 Å². The number of hydrogen-bond donors (Lipinski definition) is 3. The molecule has 2 aromatic carbocycles. The van der Waals surface area contributed by atoms with Gasteiger partial charge in [-0.15, -0.1) is 0 Å². The van der Waals surface area contributed by atoms with Crippen molar-refractivity contribution in [3.63, 3.8) is 0 Å². The molecule has 0 spiro atoms. The van der Waals surface area contributed by atoms with Gasteiger partial charge in [-0.2, -0.15) is 0 Å². The smallest absolute Gasteiger partial charge is 0.191 e. The zero-order valence-corrected chi connectivity index (χ0v) is 16.6. The molecule has 0 aliphatic rings. The van der Waals surface area contributed by atoms with E-state index in [1.54, 1.807) is 13.1 Å². The van der Waals surface area contributed by atoms with Crippen molar-refractivity contribution in [2.24, 2.45) is 4.99 Å². The molecule has 0 saturated carbocycles. The summed E-state index contributed by atoms with van der Waals surface area (Å²) in [4.78, 5) is 7.57. The minimum absolute atomic E-state index is 0.0831. The number of halogens is 1. The number of nitrogens with zero attached hydrogens (tertiary/aromatic N) is 1. The Hall–Kier alpha value is -3.02. The van der Waals surface area contributed by atoms with Gasteiger partial charge < -0.3 is 20.4 Å². The number of nitrogens with one attached hydrogen (secondary N) is 3. The van der Waals surface area contributed by atoms with E-state index in [1.807, 2.05) is 19.1 Å². The molecule has 0 aliphatic heterocycles. The number of hydrogen-bond acceptors (Lipinski definition) is 2. The third-order valence-electron chi connectivity index (χ3n) is 4.84. The largest absolute Gasteiger partial charge is 0.494 e. The molecule has 0 fully saturated rings. The lowest BCUT2D eigenvalue weighted by atomic mass is 10.1. The molecule has 1 unspecified atom stereocenters. The Morgan fingerprint density at radius 3 is 2.82 bits per heavy atom. The average Bonchev–Trinajstić information content (AvgIpc) is 3.13. The molecule has 1 heterocycles. The second-order valence-electron chi connectivity index (χ2n) is 6.72. The fourth-order valence-electron chi connectivity index (χ4n) is 3.26. The fourth-order valence-corrected chi connectivity index (χ4v) is 3.26. The first-order chi connectivity index (χ1) is 13.6. The van der Waals surface area contributed by atoms with Crippen LogP contribution in [-0.2, 0) is 6.42 Å². The number of aromatic nitrogens is 1. The standard InChI is InChI=1S/C22H27FN4O/c1-15(16-10-11-21(28-3)19(23)13-16)27-22(24-2)25-12-6-7-17-14-26-20-9-5-4-8-18(17)20/h4-5,8-11,13-15,26H,6-7,12H2,1-3H3,(H2,24,25,27). The summed E-state index contributed by atoms with van der Waals surface area (Å²) in [7, 11) is 3.19. The van der Waals surface area contributed by atoms with Gasteiger partial charge in [0.15, 0.2) is 17.5 Å². The van der Waals surface area contributed by atoms with E-state index in [2.05, 4.69) is 45.0 Å². The maximum atomic E-state index is 13.9. The second kappa shape index (κ2) is 9.26. The zero-order valence-electron chi connectivity index (χ0n) is 16.6. The molecule has 3 rings (SSSR count). The van der Waals surface area contributed by atoms with E-state index < -0.39 is 0 Å². The summed E-state index contributed by atoms with van der Waals surface area (Å²) in [5, 5.41) is 7.90. The van der Waals surface area contributed by atoms with Crippen molar-refractivity contribution in [1.29, 1.82) is 0 Å². The summed E-state index contributed by atoms with van der Waals surface area (Å²) in [6, 6.07) is 13.2. The van der Waals surface area contributed by atoms with Crippen molar-refractivity contribution < 1.29 is 9.13 Å². The van der Waals surface area contributed by atoms with E-state index in [0.29, 0.717) is 5.96 Å². The van der Waals surface area contributed by atoms with Crippen LogP contribution in [0.1, 0.15) is 30.5 Å². The molecule has 1 atom stereocenters. The highest BCUT2D eigenvalue weighted by molar-refractivity contribution is 5.83. The summed E-state index contributed by atoms with van der Waals surface area (Å²) in [5.41, 5.74) is 3.32. The quantitative estimate of drug-likeness (QED) is 0.326. The Kier molecular flexibility index (Phi) is 6.53. The summed E-state index contributed by atoms with van der Waals surface area (Å²) >= 11 is 0. The molecule has 1 aromatic heterocycles. The number of rotatable bonds is 7. The molecule has 5 nitrogen and oxygen atoms in total. The van der Waals surface area contributed by atoms with Crippen LogP contribution < -0.4 is 15.4 Å². The predicted molar refractivity (Wildman–Crippen MR) is 112 cm³/mol. The van der Waals surface area contributed by atoms with E-state index in [0.717, 1.165) is 24.9 Å². The number of methoxy groups -OCH3 is 1. The summed E-state index contributed by atoms with van der Waals surface area (Å²) in [6.07, 6.45) is 4.04. The lowest BCUT2D eigenvalue weighted by Crippen LogP contribution is -2.39. The fraction of sp³-hybridized carbons (Fsp3) is 0.318. The molecule has 3 N–H and O–H groups in total. The van der Waals surface area contributed by atoms with E-state index >= 15 is 0 Å². The minimum Gasteiger partial charge on any atom is -0.494 e. The van der Waals surface area contributed by atoms with E-state index in [9.17, 15) is 4.39 Å². The van der Waals surface area contributed by atoms with Gasteiger partial charge in [-0.25, -0.2) is 4.39 Å². The first-order valence-electron chi connectivity index (χ1n) is 9.48. The highest BCUT2D eigenvalue weighted by Crippen LogP contribution is 2.22. The van der Waals surface area contributed by atoms with Gasteiger partial charge in [0.1, 0.15) is 0 Å². The molecular weight excluding hydrogens is 355 g/mol. The van der Waals surface area contributed by atoms with E-state index in [1.165, 1.54) is 29.6 Å². The van der Waals surface area contributed by atoms with Crippen molar-refractivity contribution in [2.75, 3.05) is 20.7 Å². The average molecular weight is 382 g/mol. The van der Waals surface area contributed by atoms with Gasteiger partial charge in [0.2, 0.25) is 0 Å². The number of guanidine groups is 1. The summed E-state index contributed by atoms with van der Waals surface area (Å²) in [6.45, 7) is 2.77. The van der Waals surface area contributed by atoms with Crippen molar-refractivity contribution in [3.05, 3.63) is 65.6 Å². The van der Waals surface area contributed by atoms with Crippen LogP contribution in [0.4, 0.5) is 4.39 Å². The molecule has 0 bridgehead atoms. The van der Waals surface area contributed by atoms with E-state index in [-0.39, 0.29) is 17.6 Å². The van der Waals surface area contributed by atoms with Gasteiger partial charge in [-0.3, -0.25) is 4.99 Å². The van der Waals surface area contributed by atoms with Crippen LogP contribution in [0, 0.1) is 5.82 Å². The van der Waals surface area contributed by atoms with Crippen molar-refractivity contribution in [1.82, 2.24) is 15.6 Å². The van der Waals surface area contributed by atoms with Crippen LogP contribution in [0.15, 0.2) is 53.7 Å². The maximum Gasteiger partial charge on any atom is 0.191 e. The second-order valence-corrected chi connectivity index (χ2v) is 6.72. The molecule has 3 aromatic rings. The number of fused-ring (bicyclic) bond motifs is 1. The third-order valence-corrected chi connectivity index (χ3v) is 4.84. The topological polar surface area (TPSA) is 61.4 Å². The van der Waals surface area contributed by atoms with Crippen LogP contribution in [0.5, 0.6) is 5.75 Å². The lowest BCUT2D eigenvalue weighted by Gasteiger charge is -2.18. The highest BCUT2D eigenvalue weighted by Gasteiger charge is 2.11. The SMILES string of the molecule is CN=C(NCCCc1c[nH]c2ccccc12)NC(C)c1ccc(OC)c(F)c1. The monoisotopic (exact) mass is 382 g/mol. The Morgan fingerprint density at radius 1 is 1.25 bits per heavy atom. The molecule has 0 amide bonds. The van der Waals surface area contributed by atoms with E-state index in [4.69, 9.17) is 4.74 Å². The minimum atomic E-state index is -0.365. The van der Waals surface area contributed by atoms with Crippen molar-refractivity contribution in [2.45, 2.75) is 25.8 Å². The Bertz CT molecular complexity index is 951. The van der Waals surface area contributed by atoms with Crippen molar-refractivity contribution in [3.8, 4) is 5.75 Å². The number of H-pyrrole nitrogens is 1. The highest BCUT2D eigenvalue weighted by atomic mass is 19.1. The number of para-hydroxylation sites is 1. The van der Waals surface area contributed by atoms with Crippen LogP contribution >= 0.6 is 0 Å². The molecular formula is C22H27FN4O. The zero-order chi connectivity index (χ0) is 19.9. The number of aryl methyl sites for hydroxylation is 1. The van der Waals surface area contributed by atoms with Crippen LogP contribution in [0.2, 0.25) is 0 Å². The lowest BCUT2D eigenvalue weighted by molar-refractivity contribution is 0.386. The predicted octanol–water partition coefficient (Wildman–Crippen LogP) is 4.17. The van der Waals surface area contributed by atoms with Gasteiger partial charge in [-0.1, -0.05) is 24.3 Å². The number of benzene rings is 2.